The quantitative estimate of drug-likeness (QED) is 0.606. The first-order valence-corrected chi connectivity index (χ1v) is 11.8. The number of rotatable bonds is 6. The third-order valence-electron chi connectivity index (χ3n) is 7.01. The van der Waals surface area contributed by atoms with Crippen LogP contribution in [0.3, 0.4) is 0 Å². The molecule has 4 heteroatoms. The number of aromatic nitrogens is 1. The third-order valence-corrected chi connectivity index (χ3v) is 7.01. The van der Waals surface area contributed by atoms with Crippen LogP contribution in [-0.2, 0) is 0 Å². The fraction of sp³-hybridized carbons (Fsp3) is 0.481. The number of hydrogen-bond donors (Lipinski definition) is 1. The van der Waals surface area contributed by atoms with Crippen molar-refractivity contribution < 1.29 is 0 Å². The molecule has 1 aromatic heterocycles. The van der Waals surface area contributed by atoms with E-state index >= 15 is 0 Å². The Bertz CT molecular complexity index is 927. The maximum Gasteiger partial charge on any atom is 0.126 e. The highest BCUT2D eigenvalue weighted by Crippen LogP contribution is 2.35. The van der Waals surface area contributed by atoms with Crippen LogP contribution in [0.1, 0.15) is 63.0 Å². The van der Waals surface area contributed by atoms with Gasteiger partial charge in [-0.2, -0.15) is 5.26 Å². The van der Waals surface area contributed by atoms with Gasteiger partial charge in [0.05, 0.1) is 11.6 Å². The first kappa shape index (κ1) is 21.4. The number of hydrogen-bond acceptors (Lipinski definition) is 4. The van der Waals surface area contributed by atoms with Crippen LogP contribution < -0.4 is 10.2 Å². The molecule has 2 aromatic rings. The molecule has 0 bridgehead atoms. The van der Waals surface area contributed by atoms with Crippen molar-refractivity contribution in [2.24, 2.45) is 11.8 Å². The van der Waals surface area contributed by atoms with E-state index in [-0.39, 0.29) is 0 Å². The fourth-order valence-electron chi connectivity index (χ4n) is 5.31. The van der Waals surface area contributed by atoms with Gasteiger partial charge >= 0.3 is 0 Å². The average molecular weight is 415 g/mol. The number of allylic oxidation sites excluding steroid dienone is 1. The summed E-state index contributed by atoms with van der Waals surface area (Å²) in [6.45, 7) is 8.36. The molecule has 2 aliphatic rings. The van der Waals surface area contributed by atoms with Crippen molar-refractivity contribution in [2.45, 2.75) is 57.9 Å². The van der Waals surface area contributed by atoms with Gasteiger partial charge in [0, 0.05) is 31.0 Å². The zero-order valence-corrected chi connectivity index (χ0v) is 18.7. The predicted molar refractivity (Wildman–Crippen MR) is 129 cm³/mol. The Morgan fingerprint density at radius 1 is 1.16 bits per heavy atom. The minimum atomic E-state index is 0.506. The lowest BCUT2D eigenvalue weighted by Gasteiger charge is -2.39. The maximum atomic E-state index is 9.06. The highest BCUT2D eigenvalue weighted by Gasteiger charge is 2.30. The number of nitriles is 1. The van der Waals surface area contributed by atoms with Gasteiger partial charge in [-0.05, 0) is 92.8 Å². The number of benzene rings is 1. The van der Waals surface area contributed by atoms with E-state index in [0.29, 0.717) is 12.0 Å². The zero-order valence-electron chi connectivity index (χ0n) is 18.7. The van der Waals surface area contributed by atoms with Crippen LogP contribution in [0.5, 0.6) is 0 Å². The second kappa shape index (κ2) is 10.0. The summed E-state index contributed by atoms with van der Waals surface area (Å²) < 4.78 is 0. The van der Waals surface area contributed by atoms with E-state index in [1.807, 2.05) is 31.3 Å². The normalized spacial score (nSPS) is 23.7. The molecule has 4 rings (SSSR count). The van der Waals surface area contributed by atoms with Gasteiger partial charge in [-0.3, -0.25) is 0 Å². The van der Waals surface area contributed by atoms with Gasteiger partial charge in [0.15, 0.2) is 0 Å². The fourth-order valence-corrected chi connectivity index (χ4v) is 5.31. The summed E-state index contributed by atoms with van der Waals surface area (Å²) in [7, 11) is 0. The van der Waals surface area contributed by atoms with Gasteiger partial charge in [0.2, 0.25) is 0 Å². The highest BCUT2D eigenvalue weighted by atomic mass is 15.1. The van der Waals surface area contributed by atoms with Crippen LogP contribution in [0.2, 0.25) is 0 Å². The molecule has 1 aliphatic carbocycles. The largest absolute Gasteiger partial charge is 0.371 e. The van der Waals surface area contributed by atoms with E-state index < -0.39 is 0 Å². The summed E-state index contributed by atoms with van der Waals surface area (Å²) in [4.78, 5) is 7.09. The van der Waals surface area contributed by atoms with E-state index in [1.165, 1.54) is 50.6 Å². The standard InChI is InChI=1S/C27H34N4/c1-20(2)23-13-14-29-27(17-23)30-26-8-4-3-7-24(26)16-22-6-5-15-31(19-22)25-11-9-21(18-28)10-12-25/h9-14,17,22,24,26H,1,3-8,15-16,19H2,2H3,(H,29,30)/t22-,24+,26-/m1/s1. The van der Waals surface area contributed by atoms with E-state index in [0.717, 1.165) is 41.5 Å². The molecule has 3 atom stereocenters. The molecule has 31 heavy (non-hydrogen) atoms. The Morgan fingerprint density at radius 2 is 1.97 bits per heavy atom. The number of piperidine rings is 1. The van der Waals surface area contributed by atoms with E-state index in [2.05, 4.69) is 46.0 Å². The summed E-state index contributed by atoms with van der Waals surface area (Å²) in [5, 5.41) is 12.8. The molecule has 1 aromatic carbocycles. The monoisotopic (exact) mass is 414 g/mol. The molecule has 2 heterocycles. The van der Waals surface area contributed by atoms with Gasteiger partial charge in [-0.1, -0.05) is 25.0 Å². The Kier molecular flexibility index (Phi) is 6.92. The second-order valence-electron chi connectivity index (χ2n) is 9.35. The molecular formula is C27H34N4. The second-order valence-corrected chi connectivity index (χ2v) is 9.35. The predicted octanol–water partition coefficient (Wildman–Crippen LogP) is 6.26. The van der Waals surface area contributed by atoms with Crippen LogP contribution in [0.25, 0.3) is 5.57 Å². The van der Waals surface area contributed by atoms with Crippen LogP contribution in [-0.4, -0.2) is 24.1 Å². The molecule has 1 aliphatic heterocycles. The van der Waals surface area contributed by atoms with Gasteiger partial charge in [0.1, 0.15) is 5.82 Å². The van der Waals surface area contributed by atoms with Crippen molar-refractivity contribution in [3.8, 4) is 6.07 Å². The van der Waals surface area contributed by atoms with Crippen molar-refractivity contribution in [1.29, 1.82) is 5.26 Å². The van der Waals surface area contributed by atoms with Gasteiger partial charge in [-0.25, -0.2) is 4.98 Å². The molecule has 0 amide bonds. The molecule has 0 unspecified atom stereocenters. The minimum Gasteiger partial charge on any atom is -0.371 e. The first-order valence-electron chi connectivity index (χ1n) is 11.8. The van der Waals surface area contributed by atoms with Crippen LogP contribution in [0, 0.1) is 23.2 Å². The average Bonchev–Trinajstić information content (AvgIpc) is 2.81. The summed E-state index contributed by atoms with van der Waals surface area (Å²) in [5.41, 5.74) is 4.23. The highest BCUT2D eigenvalue weighted by molar-refractivity contribution is 5.63. The Morgan fingerprint density at radius 3 is 2.74 bits per heavy atom. The zero-order chi connectivity index (χ0) is 21.6. The smallest absolute Gasteiger partial charge is 0.126 e. The number of pyridine rings is 1. The lowest BCUT2D eigenvalue weighted by atomic mass is 9.77. The molecule has 2 fully saturated rings. The topological polar surface area (TPSA) is 52.0 Å². The molecule has 0 spiro atoms. The van der Waals surface area contributed by atoms with Gasteiger partial charge in [0.25, 0.3) is 0 Å². The Labute approximate surface area is 187 Å². The van der Waals surface area contributed by atoms with Crippen LogP contribution in [0.15, 0.2) is 49.2 Å². The Balaban J connectivity index is 1.39. The van der Waals surface area contributed by atoms with Crippen molar-refractivity contribution in [3.05, 3.63) is 60.3 Å². The molecule has 162 valence electrons. The number of nitrogens with one attached hydrogen (secondary N) is 1. The van der Waals surface area contributed by atoms with E-state index in [4.69, 9.17) is 5.26 Å². The molecule has 0 radical (unpaired) electrons. The van der Waals surface area contributed by atoms with Gasteiger partial charge in [-0.15, -0.1) is 0 Å². The summed E-state index contributed by atoms with van der Waals surface area (Å²) in [6, 6.07) is 15.0. The lowest BCUT2D eigenvalue weighted by Crippen LogP contribution is -2.39. The maximum absolute atomic E-state index is 9.06. The SMILES string of the molecule is C=C(C)c1ccnc(N[C@@H]2CCCC[C@H]2C[C@H]2CCCN(c3ccc(C#N)cc3)C2)c1. The molecule has 1 saturated heterocycles. The first-order chi connectivity index (χ1) is 15.1. The lowest BCUT2D eigenvalue weighted by molar-refractivity contribution is 0.247. The minimum absolute atomic E-state index is 0.506. The molecule has 1 saturated carbocycles. The van der Waals surface area contributed by atoms with E-state index in [1.54, 1.807) is 0 Å². The summed E-state index contributed by atoms with van der Waals surface area (Å²) in [6.07, 6.45) is 10.9. The number of nitrogens with zero attached hydrogens (tertiary/aromatic N) is 3. The van der Waals surface area contributed by atoms with Crippen molar-refractivity contribution in [2.75, 3.05) is 23.3 Å². The van der Waals surface area contributed by atoms with Crippen molar-refractivity contribution in [3.63, 3.8) is 0 Å². The third kappa shape index (κ3) is 5.47. The Hall–Kier alpha value is -2.80. The van der Waals surface area contributed by atoms with Crippen molar-refractivity contribution >= 4 is 17.1 Å². The number of anilines is 2. The van der Waals surface area contributed by atoms with Gasteiger partial charge < -0.3 is 10.2 Å². The van der Waals surface area contributed by atoms with Crippen LogP contribution >= 0.6 is 0 Å². The van der Waals surface area contributed by atoms with Crippen molar-refractivity contribution in [1.82, 2.24) is 4.98 Å². The summed E-state index contributed by atoms with van der Waals surface area (Å²) >= 11 is 0. The molecule has 4 nitrogen and oxygen atoms in total. The van der Waals surface area contributed by atoms with E-state index in [9.17, 15) is 0 Å². The molecular weight excluding hydrogens is 380 g/mol. The molecule has 1 N–H and O–H groups in total. The summed E-state index contributed by atoms with van der Waals surface area (Å²) in [5.74, 6) is 2.42. The van der Waals surface area contributed by atoms with Crippen LogP contribution in [0.4, 0.5) is 11.5 Å².